The van der Waals surface area contributed by atoms with E-state index in [0.717, 1.165) is 16.7 Å². The van der Waals surface area contributed by atoms with E-state index in [1.54, 1.807) is 24.4 Å². The van der Waals surface area contributed by atoms with Crippen molar-refractivity contribution in [1.82, 2.24) is 15.0 Å². The van der Waals surface area contributed by atoms with E-state index in [0.29, 0.717) is 11.5 Å². The van der Waals surface area contributed by atoms with Crippen molar-refractivity contribution in [2.24, 2.45) is 0 Å². The zero-order valence-corrected chi connectivity index (χ0v) is 11.0. The second-order valence-corrected chi connectivity index (χ2v) is 4.42. The van der Waals surface area contributed by atoms with Gasteiger partial charge in [-0.3, -0.25) is 9.78 Å². The number of H-pyrrole nitrogens is 1. The molecule has 1 amide bonds. The summed E-state index contributed by atoms with van der Waals surface area (Å²) in [6, 6.07) is 12.8. The van der Waals surface area contributed by atoms with E-state index in [1.165, 1.54) is 0 Å². The Kier molecular flexibility index (Phi) is 3.31. The molecule has 0 aliphatic carbocycles. The minimum absolute atomic E-state index is 0.166. The highest BCUT2D eigenvalue weighted by molar-refractivity contribution is 5.94. The molecule has 6 nitrogen and oxygen atoms in total. The molecule has 3 aromatic rings. The molecule has 2 heterocycles. The molecule has 0 bridgehead atoms. The van der Waals surface area contributed by atoms with Crippen LogP contribution in [0, 0.1) is 11.3 Å². The van der Waals surface area contributed by atoms with Crippen LogP contribution in [0.3, 0.4) is 0 Å². The van der Waals surface area contributed by atoms with E-state index in [4.69, 9.17) is 5.26 Å². The molecule has 2 aromatic heterocycles. The lowest BCUT2D eigenvalue weighted by atomic mass is 10.2. The number of nitriles is 1. The molecule has 6 heteroatoms. The zero-order valence-electron chi connectivity index (χ0n) is 11.0. The first-order valence-electron chi connectivity index (χ1n) is 6.34. The maximum absolute atomic E-state index is 11.4. The molecule has 0 atom stereocenters. The Hall–Kier alpha value is -3.20. The van der Waals surface area contributed by atoms with Gasteiger partial charge in [0.1, 0.15) is 12.1 Å². The van der Waals surface area contributed by atoms with Crippen molar-refractivity contribution >= 4 is 22.6 Å². The average molecular weight is 277 g/mol. The molecule has 0 spiro atoms. The van der Waals surface area contributed by atoms with Crippen molar-refractivity contribution in [3.8, 4) is 17.6 Å². The second-order valence-electron chi connectivity index (χ2n) is 4.42. The van der Waals surface area contributed by atoms with Crippen LogP contribution in [0.1, 0.15) is 6.42 Å². The summed E-state index contributed by atoms with van der Waals surface area (Å²) in [6.07, 6.45) is 1.54. The monoisotopic (exact) mass is 277 g/mol. The summed E-state index contributed by atoms with van der Waals surface area (Å²) in [5.74, 6) is 0.340. The van der Waals surface area contributed by atoms with Crippen molar-refractivity contribution in [2.45, 2.75) is 6.42 Å². The van der Waals surface area contributed by atoms with Crippen LogP contribution in [0.2, 0.25) is 0 Å². The number of aromatic amines is 1. The van der Waals surface area contributed by atoms with Gasteiger partial charge in [-0.25, -0.2) is 4.98 Å². The number of carbonyl (C=O) groups excluding carboxylic acids is 1. The standard InChI is InChI=1S/C15H11N5O/c16-7-6-14(21)18-10-4-5-11-13(9-10)20-15(19-11)12-3-1-2-8-17-12/h1-5,8-9H,6H2,(H,18,21)(H,19,20). The summed E-state index contributed by atoms with van der Waals surface area (Å²) < 4.78 is 0. The quantitative estimate of drug-likeness (QED) is 0.768. The van der Waals surface area contributed by atoms with Crippen LogP contribution in [-0.2, 0) is 4.79 Å². The Morgan fingerprint density at radius 3 is 3.00 bits per heavy atom. The van der Waals surface area contributed by atoms with Gasteiger partial charge in [0.2, 0.25) is 5.91 Å². The van der Waals surface area contributed by atoms with Gasteiger partial charge >= 0.3 is 0 Å². The Morgan fingerprint density at radius 1 is 1.33 bits per heavy atom. The summed E-state index contributed by atoms with van der Waals surface area (Å²) in [5.41, 5.74) is 2.96. The number of amides is 1. The smallest absolute Gasteiger partial charge is 0.238 e. The summed E-state index contributed by atoms with van der Waals surface area (Å²) in [4.78, 5) is 23.3. The molecule has 0 saturated carbocycles. The first-order valence-corrected chi connectivity index (χ1v) is 6.34. The van der Waals surface area contributed by atoms with Gasteiger partial charge in [-0.1, -0.05) is 6.07 Å². The molecule has 21 heavy (non-hydrogen) atoms. The van der Waals surface area contributed by atoms with Gasteiger partial charge in [0, 0.05) is 11.9 Å². The highest BCUT2D eigenvalue weighted by atomic mass is 16.1. The number of anilines is 1. The van der Waals surface area contributed by atoms with E-state index in [2.05, 4.69) is 20.3 Å². The van der Waals surface area contributed by atoms with Crippen molar-refractivity contribution in [3.63, 3.8) is 0 Å². The predicted molar refractivity (Wildman–Crippen MR) is 78.2 cm³/mol. The van der Waals surface area contributed by atoms with Crippen LogP contribution in [0.15, 0.2) is 42.6 Å². The molecular weight excluding hydrogens is 266 g/mol. The van der Waals surface area contributed by atoms with Gasteiger partial charge in [0.15, 0.2) is 5.82 Å². The fourth-order valence-electron chi connectivity index (χ4n) is 1.99. The number of benzene rings is 1. The number of rotatable bonds is 3. The lowest BCUT2D eigenvalue weighted by molar-refractivity contribution is -0.115. The van der Waals surface area contributed by atoms with Crippen molar-refractivity contribution in [3.05, 3.63) is 42.6 Å². The number of pyridine rings is 1. The Bertz CT molecular complexity index is 832. The molecule has 0 aliphatic rings. The molecule has 0 saturated heterocycles. The largest absolute Gasteiger partial charge is 0.337 e. The normalized spacial score (nSPS) is 10.2. The topological polar surface area (TPSA) is 94.5 Å². The van der Waals surface area contributed by atoms with Crippen molar-refractivity contribution < 1.29 is 4.79 Å². The van der Waals surface area contributed by atoms with Crippen LogP contribution < -0.4 is 5.32 Å². The molecule has 0 radical (unpaired) electrons. The van der Waals surface area contributed by atoms with Crippen LogP contribution in [0.5, 0.6) is 0 Å². The number of carbonyl (C=O) groups is 1. The Morgan fingerprint density at radius 2 is 2.24 bits per heavy atom. The number of fused-ring (bicyclic) bond motifs is 1. The number of nitrogens with zero attached hydrogens (tertiary/aromatic N) is 3. The first kappa shape index (κ1) is 12.8. The number of nitrogens with one attached hydrogen (secondary N) is 2. The molecule has 0 unspecified atom stereocenters. The average Bonchev–Trinajstić information content (AvgIpc) is 2.91. The van der Waals surface area contributed by atoms with E-state index < -0.39 is 0 Å². The Labute approximate surface area is 120 Å². The zero-order chi connectivity index (χ0) is 14.7. The van der Waals surface area contributed by atoms with Gasteiger partial charge < -0.3 is 10.3 Å². The number of aromatic nitrogens is 3. The van der Waals surface area contributed by atoms with Crippen LogP contribution in [0.4, 0.5) is 5.69 Å². The molecule has 1 aromatic carbocycles. The number of imidazole rings is 1. The maximum atomic E-state index is 11.4. The van der Waals surface area contributed by atoms with Gasteiger partial charge in [-0.05, 0) is 30.3 Å². The first-order chi connectivity index (χ1) is 10.3. The number of hydrogen-bond acceptors (Lipinski definition) is 4. The van der Waals surface area contributed by atoms with Crippen molar-refractivity contribution in [2.75, 3.05) is 5.32 Å². The fraction of sp³-hybridized carbons (Fsp3) is 0.0667. The summed E-state index contributed by atoms with van der Waals surface area (Å²) in [6.45, 7) is 0. The summed E-state index contributed by atoms with van der Waals surface area (Å²) in [5, 5.41) is 11.1. The van der Waals surface area contributed by atoms with Gasteiger partial charge in [-0.15, -0.1) is 0 Å². The molecule has 102 valence electrons. The molecule has 2 N–H and O–H groups in total. The summed E-state index contributed by atoms with van der Waals surface area (Å²) >= 11 is 0. The lowest BCUT2D eigenvalue weighted by Gasteiger charge is -2.01. The lowest BCUT2D eigenvalue weighted by Crippen LogP contribution is -2.09. The van der Waals surface area contributed by atoms with Gasteiger partial charge in [-0.2, -0.15) is 5.26 Å². The van der Waals surface area contributed by atoms with E-state index >= 15 is 0 Å². The SMILES string of the molecule is N#CCC(=O)Nc1ccc2nc(-c3ccccn3)[nH]c2c1. The van der Waals surface area contributed by atoms with Crippen LogP contribution >= 0.6 is 0 Å². The van der Waals surface area contributed by atoms with E-state index in [1.807, 2.05) is 24.3 Å². The van der Waals surface area contributed by atoms with Gasteiger partial charge in [0.25, 0.3) is 0 Å². The molecular formula is C15H11N5O. The predicted octanol–water partition coefficient (Wildman–Crippen LogP) is 2.48. The van der Waals surface area contributed by atoms with Crippen LogP contribution in [0.25, 0.3) is 22.6 Å². The minimum Gasteiger partial charge on any atom is -0.337 e. The minimum atomic E-state index is -0.332. The molecule has 3 rings (SSSR count). The highest BCUT2D eigenvalue weighted by Crippen LogP contribution is 2.21. The molecule has 0 fully saturated rings. The van der Waals surface area contributed by atoms with Crippen LogP contribution in [-0.4, -0.2) is 20.9 Å². The highest BCUT2D eigenvalue weighted by Gasteiger charge is 2.07. The fourth-order valence-corrected chi connectivity index (χ4v) is 1.99. The molecule has 0 aliphatic heterocycles. The van der Waals surface area contributed by atoms with E-state index in [-0.39, 0.29) is 12.3 Å². The van der Waals surface area contributed by atoms with Crippen molar-refractivity contribution in [1.29, 1.82) is 5.26 Å². The third-order valence-corrected chi connectivity index (χ3v) is 2.91. The third-order valence-electron chi connectivity index (χ3n) is 2.91. The Balaban J connectivity index is 1.92. The second kappa shape index (κ2) is 5.43. The summed E-state index contributed by atoms with van der Waals surface area (Å²) in [7, 11) is 0. The van der Waals surface area contributed by atoms with Gasteiger partial charge in [0.05, 0.1) is 17.1 Å². The van der Waals surface area contributed by atoms with E-state index in [9.17, 15) is 4.79 Å². The third kappa shape index (κ3) is 2.72. The maximum Gasteiger partial charge on any atom is 0.238 e. The number of hydrogen-bond donors (Lipinski definition) is 2.